The Labute approximate surface area is 158 Å². The molecule has 0 aliphatic carbocycles. The summed E-state index contributed by atoms with van der Waals surface area (Å²) in [6, 6.07) is 9.82. The Bertz CT molecular complexity index is 788. The first-order chi connectivity index (χ1) is 13.2. The molecule has 27 heavy (non-hydrogen) atoms. The lowest BCUT2D eigenvalue weighted by Crippen LogP contribution is -2.54. The highest BCUT2D eigenvalue weighted by Crippen LogP contribution is 2.30. The highest BCUT2D eigenvalue weighted by molar-refractivity contribution is 5.85. The van der Waals surface area contributed by atoms with Crippen LogP contribution >= 0.6 is 0 Å². The summed E-state index contributed by atoms with van der Waals surface area (Å²) in [4.78, 5) is 15.4. The molecule has 1 fully saturated rings. The molecule has 1 N–H and O–H groups in total. The third kappa shape index (κ3) is 3.60. The molecule has 0 spiro atoms. The van der Waals surface area contributed by atoms with Crippen LogP contribution in [0.5, 0.6) is 0 Å². The Balaban J connectivity index is 1.51. The van der Waals surface area contributed by atoms with Gasteiger partial charge < -0.3 is 14.8 Å². The average molecular weight is 371 g/mol. The second-order valence-electron chi connectivity index (χ2n) is 7.12. The molecule has 1 aromatic carbocycles. The highest BCUT2D eigenvalue weighted by Gasteiger charge is 2.42. The van der Waals surface area contributed by atoms with Crippen LogP contribution in [0.2, 0.25) is 0 Å². The molecule has 0 saturated carbocycles. The summed E-state index contributed by atoms with van der Waals surface area (Å²) in [7, 11) is 0. The van der Waals surface area contributed by atoms with Crippen molar-refractivity contribution in [3.63, 3.8) is 0 Å². The summed E-state index contributed by atoms with van der Waals surface area (Å²) in [6.07, 6.45) is 0. The van der Waals surface area contributed by atoms with Gasteiger partial charge in [-0.2, -0.15) is 0 Å². The monoisotopic (exact) mass is 371 g/mol. The van der Waals surface area contributed by atoms with Gasteiger partial charge in [0.15, 0.2) is 11.6 Å². The van der Waals surface area contributed by atoms with E-state index in [-0.39, 0.29) is 5.91 Å². The number of morpholine rings is 1. The highest BCUT2D eigenvalue weighted by atomic mass is 16.5. The number of benzene rings is 1. The maximum atomic E-state index is 13.1. The molecule has 3 heterocycles. The van der Waals surface area contributed by atoms with Gasteiger partial charge in [0.05, 0.1) is 19.8 Å². The summed E-state index contributed by atoms with van der Waals surface area (Å²) in [5, 5.41) is 11.7. The standard InChI is InChI=1S/C19H25N5O3/c1-19(18(25)20-7-8-23-9-11-26-12-10-23)14-27-13-16-21-22-17(24(16)19)15-5-3-2-4-6-15/h2-6H,7-14H2,1H3,(H,20,25)/t19-/m0/s1. The number of carbonyl (C=O) groups excluding carboxylic acids is 1. The number of ether oxygens (including phenoxy) is 2. The summed E-state index contributed by atoms with van der Waals surface area (Å²) in [6.45, 7) is 7.26. The maximum Gasteiger partial charge on any atom is 0.248 e. The fourth-order valence-corrected chi connectivity index (χ4v) is 3.62. The number of hydrogen-bond donors (Lipinski definition) is 1. The molecule has 0 unspecified atom stereocenters. The molecule has 1 amide bonds. The van der Waals surface area contributed by atoms with E-state index in [0.717, 1.165) is 38.4 Å². The Hall–Kier alpha value is -2.29. The molecule has 4 rings (SSSR count). The van der Waals surface area contributed by atoms with Crippen LogP contribution in [0.15, 0.2) is 30.3 Å². The van der Waals surface area contributed by atoms with Crippen molar-refractivity contribution in [3.8, 4) is 11.4 Å². The molecule has 2 aliphatic heterocycles. The molecule has 2 aliphatic rings. The predicted octanol–water partition coefficient (Wildman–Crippen LogP) is 0.639. The minimum Gasteiger partial charge on any atom is -0.379 e. The van der Waals surface area contributed by atoms with Gasteiger partial charge >= 0.3 is 0 Å². The molecule has 144 valence electrons. The van der Waals surface area contributed by atoms with Gasteiger partial charge in [-0.1, -0.05) is 30.3 Å². The van der Waals surface area contributed by atoms with E-state index in [2.05, 4.69) is 20.4 Å². The third-order valence-corrected chi connectivity index (χ3v) is 5.18. The van der Waals surface area contributed by atoms with Gasteiger partial charge in [-0.25, -0.2) is 0 Å². The molecule has 1 atom stereocenters. The molecule has 0 bridgehead atoms. The number of aromatic nitrogens is 3. The lowest BCUT2D eigenvalue weighted by molar-refractivity contribution is -0.135. The maximum absolute atomic E-state index is 13.1. The van der Waals surface area contributed by atoms with Gasteiger partial charge in [0, 0.05) is 31.7 Å². The Morgan fingerprint density at radius 1 is 1.19 bits per heavy atom. The summed E-state index contributed by atoms with van der Waals surface area (Å²) >= 11 is 0. The van der Waals surface area contributed by atoms with Crippen molar-refractivity contribution >= 4 is 5.91 Å². The molecular weight excluding hydrogens is 346 g/mol. The van der Waals surface area contributed by atoms with Gasteiger partial charge in [-0.3, -0.25) is 14.3 Å². The number of rotatable bonds is 5. The first-order valence-corrected chi connectivity index (χ1v) is 9.35. The molecule has 1 saturated heterocycles. The van der Waals surface area contributed by atoms with Crippen LogP contribution in [0.25, 0.3) is 11.4 Å². The van der Waals surface area contributed by atoms with Crippen molar-refractivity contribution in [1.29, 1.82) is 0 Å². The van der Waals surface area contributed by atoms with Gasteiger partial charge in [-0.05, 0) is 6.92 Å². The third-order valence-electron chi connectivity index (χ3n) is 5.18. The summed E-state index contributed by atoms with van der Waals surface area (Å²) < 4.78 is 13.0. The normalized spacial score (nSPS) is 23.0. The lowest BCUT2D eigenvalue weighted by Gasteiger charge is -2.35. The van der Waals surface area contributed by atoms with Crippen molar-refractivity contribution < 1.29 is 14.3 Å². The largest absolute Gasteiger partial charge is 0.379 e. The van der Waals surface area contributed by atoms with Gasteiger partial charge in [0.25, 0.3) is 0 Å². The minimum absolute atomic E-state index is 0.0753. The second-order valence-corrected chi connectivity index (χ2v) is 7.12. The number of amides is 1. The zero-order chi connectivity index (χ0) is 18.7. The first kappa shape index (κ1) is 18.1. The average Bonchev–Trinajstić information content (AvgIpc) is 3.15. The SMILES string of the molecule is C[C@@]1(C(=O)NCCN2CCOCC2)COCc2nnc(-c3ccccc3)n21. The van der Waals surface area contributed by atoms with E-state index in [1.54, 1.807) is 0 Å². The van der Waals surface area contributed by atoms with E-state index in [0.29, 0.717) is 31.4 Å². The van der Waals surface area contributed by atoms with Crippen LogP contribution in [0.3, 0.4) is 0 Å². The van der Waals surface area contributed by atoms with Crippen molar-refractivity contribution in [2.75, 3.05) is 46.0 Å². The summed E-state index contributed by atoms with van der Waals surface area (Å²) in [5.41, 5.74) is 0.0540. The zero-order valence-electron chi connectivity index (χ0n) is 15.6. The van der Waals surface area contributed by atoms with Crippen molar-refractivity contribution in [2.24, 2.45) is 0 Å². The molecular formula is C19H25N5O3. The predicted molar refractivity (Wildman–Crippen MR) is 99.0 cm³/mol. The molecule has 0 radical (unpaired) electrons. The Morgan fingerprint density at radius 2 is 1.96 bits per heavy atom. The number of fused-ring (bicyclic) bond motifs is 1. The van der Waals surface area contributed by atoms with Gasteiger partial charge in [0.1, 0.15) is 12.1 Å². The van der Waals surface area contributed by atoms with Gasteiger partial charge in [-0.15, -0.1) is 10.2 Å². The number of nitrogens with zero attached hydrogens (tertiary/aromatic N) is 4. The van der Waals surface area contributed by atoms with Crippen LogP contribution in [-0.2, 0) is 26.4 Å². The zero-order valence-corrected chi connectivity index (χ0v) is 15.6. The molecule has 8 nitrogen and oxygen atoms in total. The van der Waals surface area contributed by atoms with Crippen molar-refractivity contribution in [1.82, 2.24) is 25.0 Å². The van der Waals surface area contributed by atoms with Crippen molar-refractivity contribution in [2.45, 2.75) is 19.1 Å². The summed E-state index contributed by atoms with van der Waals surface area (Å²) in [5.74, 6) is 1.29. The van der Waals surface area contributed by atoms with Crippen LogP contribution in [0, 0.1) is 0 Å². The lowest BCUT2D eigenvalue weighted by atomic mass is 9.99. The first-order valence-electron chi connectivity index (χ1n) is 9.35. The minimum atomic E-state index is -0.882. The van der Waals surface area contributed by atoms with Crippen LogP contribution < -0.4 is 5.32 Å². The second kappa shape index (κ2) is 7.75. The van der Waals surface area contributed by atoms with E-state index >= 15 is 0 Å². The van der Waals surface area contributed by atoms with E-state index < -0.39 is 5.54 Å². The molecule has 2 aromatic rings. The van der Waals surface area contributed by atoms with Crippen LogP contribution in [0.1, 0.15) is 12.7 Å². The smallest absolute Gasteiger partial charge is 0.248 e. The van der Waals surface area contributed by atoms with E-state index in [9.17, 15) is 4.79 Å². The van der Waals surface area contributed by atoms with E-state index in [1.165, 1.54) is 0 Å². The van der Waals surface area contributed by atoms with Crippen LogP contribution in [-0.4, -0.2) is 71.6 Å². The molecule has 8 heteroatoms. The molecule has 1 aromatic heterocycles. The van der Waals surface area contributed by atoms with Crippen molar-refractivity contribution in [3.05, 3.63) is 36.2 Å². The van der Waals surface area contributed by atoms with E-state index in [1.807, 2.05) is 41.8 Å². The van der Waals surface area contributed by atoms with Gasteiger partial charge in [0.2, 0.25) is 5.91 Å². The van der Waals surface area contributed by atoms with Crippen LogP contribution in [0.4, 0.5) is 0 Å². The number of nitrogens with one attached hydrogen (secondary N) is 1. The topological polar surface area (TPSA) is 81.5 Å². The fourth-order valence-electron chi connectivity index (χ4n) is 3.62. The number of hydrogen-bond acceptors (Lipinski definition) is 6. The fraction of sp³-hybridized carbons (Fsp3) is 0.526. The quantitative estimate of drug-likeness (QED) is 0.831. The Morgan fingerprint density at radius 3 is 2.74 bits per heavy atom. The van der Waals surface area contributed by atoms with E-state index in [4.69, 9.17) is 9.47 Å². The Kier molecular flexibility index (Phi) is 5.20. The number of carbonyl (C=O) groups is 1.